The summed E-state index contributed by atoms with van der Waals surface area (Å²) in [6.45, 7) is 8.22. The van der Waals surface area contributed by atoms with E-state index in [1.165, 1.54) is 12.1 Å². The van der Waals surface area contributed by atoms with Crippen molar-refractivity contribution in [1.29, 1.82) is 0 Å². The molecule has 1 N–H and O–H groups in total. The van der Waals surface area contributed by atoms with Crippen LogP contribution in [0.2, 0.25) is 0 Å². The number of aryl methyl sites for hydroxylation is 1. The molecule has 1 aromatic carbocycles. The van der Waals surface area contributed by atoms with E-state index < -0.39 is 0 Å². The van der Waals surface area contributed by atoms with E-state index in [2.05, 4.69) is 25.3 Å². The lowest BCUT2D eigenvalue weighted by molar-refractivity contribution is -0.0605. The summed E-state index contributed by atoms with van der Waals surface area (Å²) in [5.41, 5.74) is 0.950. The smallest absolute Gasteiger partial charge is 0.248 e. The van der Waals surface area contributed by atoms with Gasteiger partial charge in [-0.05, 0) is 38.5 Å². The van der Waals surface area contributed by atoms with Crippen molar-refractivity contribution in [2.24, 2.45) is 4.99 Å². The summed E-state index contributed by atoms with van der Waals surface area (Å²) >= 11 is 0. The Morgan fingerprint density at radius 3 is 2.70 bits per heavy atom. The average Bonchev–Trinajstić information content (AvgIpc) is 3.04. The van der Waals surface area contributed by atoms with Gasteiger partial charge in [-0.3, -0.25) is 0 Å². The van der Waals surface area contributed by atoms with E-state index in [9.17, 15) is 4.39 Å². The topological polar surface area (TPSA) is 75.8 Å². The lowest BCUT2D eigenvalue weighted by Gasteiger charge is -2.38. The first-order chi connectivity index (χ1) is 12.5. The van der Waals surface area contributed by atoms with Crippen LogP contribution < -0.4 is 5.32 Å². The molecule has 2 heterocycles. The molecule has 0 radical (unpaired) electrons. The highest BCUT2D eigenvalue weighted by Crippen LogP contribution is 2.25. The maximum atomic E-state index is 13.2. The highest BCUT2D eigenvalue weighted by Gasteiger charge is 2.28. The second kappa shape index (κ2) is 9.98. The summed E-state index contributed by atoms with van der Waals surface area (Å²) in [6, 6.07) is 6.45. The predicted molar refractivity (Wildman–Crippen MR) is 111 cm³/mol. The van der Waals surface area contributed by atoms with Gasteiger partial charge in [-0.2, -0.15) is 4.98 Å². The number of guanidine groups is 1. The summed E-state index contributed by atoms with van der Waals surface area (Å²) in [5.74, 6) is 1.59. The number of nitrogens with zero attached hydrogens (tertiary/aromatic N) is 4. The normalized spacial score (nSPS) is 20.3. The van der Waals surface area contributed by atoms with Crippen LogP contribution in [0.25, 0.3) is 0 Å². The third kappa shape index (κ3) is 5.86. The van der Waals surface area contributed by atoms with Crippen LogP contribution in [0.5, 0.6) is 0 Å². The van der Waals surface area contributed by atoms with E-state index in [0.29, 0.717) is 31.3 Å². The molecule has 9 heteroatoms. The molecule has 1 aliphatic rings. The molecule has 0 amide bonds. The Bertz CT molecular complexity index is 752. The van der Waals surface area contributed by atoms with Gasteiger partial charge in [-0.15, -0.1) is 24.0 Å². The number of benzene rings is 1. The SMILES string of the molecule is CCNC(=NCc1nc(C)no1)N1CC(C)OC(c2ccc(F)cc2)C1.I. The van der Waals surface area contributed by atoms with Crippen LogP contribution in [0.1, 0.15) is 37.2 Å². The Morgan fingerprint density at radius 2 is 2.07 bits per heavy atom. The molecule has 0 aliphatic carbocycles. The zero-order valence-corrected chi connectivity index (χ0v) is 18.0. The van der Waals surface area contributed by atoms with Crippen molar-refractivity contribution in [1.82, 2.24) is 20.4 Å². The second-order valence-electron chi connectivity index (χ2n) is 6.30. The predicted octanol–water partition coefficient (Wildman–Crippen LogP) is 3.06. The summed E-state index contributed by atoms with van der Waals surface area (Å²) in [5, 5.41) is 7.09. The van der Waals surface area contributed by atoms with Gasteiger partial charge in [-0.25, -0.2) is 9.38 Å². The summed E-state index contributed by atoms with van der Waals surface area (Å²) in [4.78, 5) is 10.9. The van der Waals surface area contributed by atoms with Crippen LogP contribution >= 0.6 is 24.0 Å². The molecule has 2 atom stereocenters. The zero-order chi connectivity index (χ0) is 18.5. The van der Waals surface area contributed by atoms with Crippen LogP contribution in [0.15, 0.2) is 33.8 Å². The Morgan fingerprint density at radius 1 is 1.33 bits per heavy atom. The number of morpholine rings is 1. The van der Waals surface area contributed by atoms with Gasteiger partial charge in [0.25, 0.3) is 0 Å². The largest absolute Gasteiger partial charge is 0.367 e. The van der Waals surface area contributed by atoms with Crippen molar-refractivity contribution in [3.05, 3.63) is 47.4 Å². The van der Waals surface area contributed by atoms with Crippen molar-refractivity contribution >= 4 is 29.9 Å². The minimum Gasteiger partial charge on any atom is -0.367 e. The van der Waals surface area contributed by atoms with E-state index >= 15 is 0 Å². The molecule has 1 fully saturated rings. The molecule has 1 aromatic heterocycles. The van der Waals surface area contributed by atoms with Crippen molar-refractivity contribution < 1.29 is 13.7 Å². The Kier molecular flexibility index (Phi) is 7.96. The minimum absolute atomic E-state index is 0. The maximum absolute atomic E-state index is 13.2. The van der Waals surface area contributed by atoms with Crippen LogP contribution in [0.4, 0.5) is 4.39 Å². The molecule has 3 rings (SSSR count). The van der Waals surface area contributed by atoms with Crippen LogP contribution in [0, 0.1) is 12.7 Å². The highest BCUT2D eigenvalue weighted by atomic mass is 127. The lowest BCUT2D eigenvalue weighted by atomic mass is 10.1. The summed E-state index contributed by atoms with van der Waals surface area (Å²) in [6.07, 6.45) is -0.123. The van der Waals surface area contributed by atoms with Gasteiger partial charge >= 0.3 is 0 Å². The Balaban J connectivity index is 0.00000261. The van der Waals surface area contributed by atoms with E-state index in [1.54, 1.807) is 19.1 Å². The quantitative estimate of drug-likeness (QED) is 0.405. The molecule has 27 heavy (non-hydrogen) atoms. The van der Waals surface area contributed by atoms with E-state index in [-0.39, 0.29) is 42.0 Å². The molecule has 1 saturated heterocycles. The van der Waals surface area contributed by atoms with Gasteiger partial charge in [0.15, 0.2) is 11.8 Å². The maximum Gasteiger partial charge on any atom is 0.248 e. The third-order valence-electron chi connectivity index (χ3n) is 4.07. The number of hydrogen-bond acceptors (Lipinski definition) is 5. The molecular weight excluding hydrogens is 464 g/mol. The van der Waals surface area contributed by atoms with Crippen molar-refractivity contribution in [3.8, 4) is 0 Å². The molecule has 7 nitrogen and oxygen atoms in total. The number of nitrogens with one attached hydrogen (secondary N) is 1. The van der Waals surface area contributed by atoms with Crippen molar-refractivity contribution in [2.45, 2.75) is 39.5 Å². The molecule has 2 aromatic rings. The number of aromatic nitrogens is 2. The van der Waals surface area contributed by atoms with Crippen LogP contribution in [0.3, 0.4) is 0 Å². The third-order valence-corrected chi connectivity index (χ3v) is 4.07. The number of ether oxygens (including phenoxy) is 1. The van der Waals surface area contributed by atoms with Gasteiger partial charge < -0.3 is 19.5 Å². The van der Waals surface area contributed by atoms with Crippen molar-refractivity contribution in [2.75, 3.05) is 19.6 Å². The van der Waals surface area contributed by atoms with Gasteiger partial charge in [0.1, 0.15) is 18.5 Å². The number of hydrogen-bond donors (Lipinski definition) is 1. The summed E-state index contributed by atoms with van der Waals surface area (Å²) in [7, 11) is 0. The fraction of sp³-hybridized carbons (Fsp3) is 0.500. The van der Waals surface area contributed by atoms with E-state index in [4.69, 9.17) is 9.26 Å². The molecule has 148 valence electrons. The first-order valence-corrected chi connectivity index (χ1v) is 8.78. The average molecular weight is 489 g/mol. The van der Waals surface area contributed by atoms with Gasteiger partial charge in [-0.1, -0.05) is 17.3 Å². The second-order valence-corrected chi connectivity index (χ2v) is 6.30. The molecule has 0 saturated carbocycles. The first kappa shape index (κ1) is 21.5. The van der Waals surface area contributed by atoms with Gasteiger partial charge in [0, 0.05) is 13.1 Å². The number of halogens is 2. The molecule has 1 aliphatic heterocycles. The molecule has 2 unspecified atom stereocenters. The lowest BCUT2D eigenvalue weighted by Crippen LogP contribution is -2.50. The van der Waals surface area contributed by atoms with Crippen LogP contribution in [-0.2, 0) is 11.3 Å². The first-order valence-electron chi connectivity index (χ1n) is 8.78. The Labute approximate surface area is 175 Å². The Hall–Kier alpha value is -1.75. The monoisotopic (exact) mass is 489 g/mol. The van der Waals surface area contributed by atoms with Gasteiger partial charge in [0.05, 0.1) is 12.6 Å². The van der Waals surface area contributed by atoms with Crippen molar-refractivity contribution in [3.63, 3.8) is 0 Å². The fourth-order valence-electron chi connectivity index (χ4n) is 2.96. The number of aliphatic imine (C=N–C) groups is 1. The molecule has 0 bridgehead atoms. The molecular formula is C18H25FIN5O2. The standard InChI is InChI=1S/C18H24FN5O2.HI/c1-4-20-18(21-9-17-22-13(3)23-26-17)24-10-12(2)25-16(11-24)14-5-7-15(19)8-6-14;/h5-8,12,16H,4,9-11H2,1-3H3,(H,20,21);1H. The highest BCUT2D eigenvalue weighted by molar-refractivity contribution is 14.0. The zero-order valence-electron chi connectivity index (χ0n) is 15.7. The molecule has 0 spiro atoms. The number of rotatable bonds is 4. The van der Waals surface area contributed by atoms with Crippen LogP contribution in [-0.4, -0.2) is 46.7 Å². The summed E-state index contributed by atoms with van der Waals surface area (Å²) < 4.78 is 24.4. The van der Waals surface area contributed by atoms with E-state index in [1.807, 2.05) is 13.8 Å². The van der Waals surface area contributed by atoms with E-state index in [0.717, 1.165) is 18.1 Å². The minimum atomic E-state index is -0.251. The van der Waals surface area contributed by atoms with Gasteiger partial charge in [0.2, 0.25) is 5.89 Å². The fourth-order valence-corrected chi connectivity index (χ4v) is 2.96.